The van der Waals surface area contributed by atoms with Gasteiger partial charge in [0.2, 0.25) is 0 Å². The number of carbonyl (C=O) groups excluding carboxylic acids is 3. The van der Waals surface area contributed by atoms with Crippen molar-refractivity contribution in [2.75, 3.05) is 20.3 Å². The van der Waals surface area contributed by atoms with Crippen molar-refractivity contribution < 1.29 is 39.2 Å². The lowest BCUT2D eigenvalue weighted by molar-refractivity contribution is -0.160. The van der Waals surface area contributed by atoms with Crippen LogP contribution in [0.3, 0.4) is 0 Å². The Balaban J connectivity index is 2.96. The summed E-state index contributed by atoms with van der Waals surface area (Å²) < 4.78 is 10.9. The highest BCUT2D eigenvalue weighted by Gasteiger charge is 2.27. The molecule has 1 aliphatic heterocycles. The molecule has 4 N–H and O–H groups in total. The SMILES string of the molecule is CCCC1OC(=O)C(C)CC(C)CCCCC(=O)CCCC(CC)/C=C\C=C(/COC)CCC(O)C(O)CC(O)CNC1=O. The second kappa shape index (κ2) is 23.3. The Bertz CT molecular complexity index is 888. The van der Waals surface area contributed by atoms with Crippen LogP contribution in [0.4, 0.5) is 0 Å². The Hall–Kier alpha value is -2.07. The molecule has 7 atom stereocenters. The van der Waals surface area contributed by atoms with Gasteiger partial charge >= 0.3 is 5.97 Å². The monoisotopic (exact) mass is 623 g/mol. The van der Waals surface area contributed by atoms with Crippen molar-refractivity contribution >= 4 is 17.7 Å². The lowest BCUT2D eigenvalue weighted by atomic mass is 9.92. The predicted molar refractivity (Wildman–Crippen MR) is 173 cm³/mol. The first-order valence-electron chi connectivity index (χ1n) is 16.9. The van der Waals surface area contributed by atoms with E-state index in [0.29, 0.717) is 56.8 Å². The van der Waals surface area contributed by atoms with Crippen LogP contribution in [-0.4, -0.2) is 77.7 Å². The van der Waals surface area contributed by atoms with E-state index in [1.807, 2.05) is 26.0 Å². The number of β-amino-alcohol motifs (C(OH)–C–C–N with tert-alkyl or cyclic N) is 1. The van der Waals surface area contributed by atoms with Crippen LogP contribution >= 0.6 is 0 Å². The Morgan fingerprint density at radius 3 is 2.34 bits per heavy atom. The number of nitrogens with one attached hydrogen (secondary N) is 1. The number of aliphatic hydroxyl groups is 3. The number of aliphatic hydroxyl groups excluding tert-OH is 3. The van der Waals surface area contributed by atoms with Crippen molar-refractivity contribution in [1.82, 2.24) is 5.32 Å². The number of amides is 1. The predicted octanol–water partition coefficient (Wildman–Crippen LogP) is 5.20. The smallest absolute Gasteiger partial charge is 0.309 e. The molecule has 9 heteroatoms. The standard InChI is InChI=1S/C35H61NO8/c1-6-12-33-34(41)36-23-30(38)22-32(40)31(39)20-19-28(24-43-5)16-10-14-27(7-2)15-11-18-29(37)17-9-8-13-25(3)21-26(4)35(42)44-33/h10,14,16,25-27,30-33,38-40H,6-9,11-13,15,17-24H2,1-5H3,(H,36,41)/b14-10-,28-16-. The number of methoxy groups -OCH3 is 1. The second-order valence-electron chi connectivity index (χ2n) is 12.8. The van der Waals surface area contributed by atoms with Gasteiger partial charge in [0.1, 0.15) is 5.78 Å². The summed E-state index contributed by atoms with van der Waals surface area (Å²) in [4.78, 5) is 38.1. The molecular weight excluding hydrogens is 562 g/mol. The van der Waals surface area contributed by atoms with Crippen molar-refractivity contribution in [1.29, 1.82) is 0 Å². The minimum Gasteiger partial charge on any atom is -0.452 e. The fourth-order valence-electron chi connectivity index (χ4n) is 5.63. The number of ketones is 1. The Morgan fingerprint density at radius 2 is 1.66 bits per heavy atom. The Labute approximate surface area is 265 Å². The Morgan fingerprint density at radius 1 is 0.932 bits per heavy atom. The van der Waals surface area contributed by atoms with E-state index in [-0.39, 0.29) is 31.2 Å². The van der Waals surface area contributed by atoms with Gasteiger partial charge in [-0.05, 0) is 68.8 Å². The zero-order valence-electron chi connectivity index (χ0n) is 28.0. The van der Waals surface area contributed by atoms with Gasteiger partial charge in [0.15, 0.2) is 6.10 Å². The summed E-state index contributed by atoms with van der Waals surface area (Å²) in [6.45, 7) is 8.21. The molecule has 7 unspecified atom stereocenters. The van der Waals surface area contributed by atoms with Crippen LogP contribution in [0.1, 0.15) is 118 Å². The van der Waals surface area contributed by atoms with E-state index in [9.17, 15) is 29.7 Å². The maximum atomic E-state index is 12.8. The largest absolute Gasteiger partial charge is 0.452 e. The zero-order valence-corrected chi connectivity index (χ0v) is 28.0. The lowest BCUT2D eigenvalue weighted by Crippen LogP contribution is -2.43. The van der Waals surface area contributed by atoms with Crippen molar-refractivity contribution in [2.24, 2.45) is 17.8 Å². The molecule has 44 heavy (non-hydrogen) atoms. The first kappa shape index (κ1) is 40.0. The van der Waals surface area contributed by atoms with E-state index < -0.39 is 36.3 Å². The van der Waals surface area contributed by atoms with Gasteiger partial charge in [0.25, 0.3) is 5.91 Å². The van der Waals surface area contributed by atoms with E-state index in [1.165, 1.54) is 0 Å². The first-order chi connectivity index (χ1) is 21.0. The van der Waals surface area contributed by atoms with E-state index in [2.05, 4.69) is 25.2 Å². The van der Waals surface area contributed by atoms with Crippen LogP contribution in [0.5, 0.6) is 0 Å². The van der Waals surface area contributed by atoms with Gasteiger partial charge in [-0.2, -0.15) is 0 Å². The molecule has 9 nitrogen and oxygen atoms in total. The van der Waals surface area contributed by atoms with Gasteiger partial charge in [-0.15, -0.1) is 0 Å². The maximum absolute atomic E-state index is 12.8. The van der Waals surface area contributed by atoms with E-state index in [1.54, 1.807) is 7.11 Å². The molecule has 0 bridgehead atoms. The number of carbonyl (C=O) groups is 3. The van der Waals surface area contributed by atoms with Gasteiger partial charge in [-0.25, -0.2) is 0 Å². The average Bonchev–Trinajstić information content (AvgIpc) is 2.98. The number of allylic oxidation sites excluding steroid dienone is 3. The molecule has 1 amide bonds. The summed E-state index contributed by atoms with van der Waals surface area (Å²) in [6, 6.07) is 0. The quantitative estimate of drug-likeness (QED) is 0.306. The summed E-state index contributed by atoms with van der Waals surface area (Å²) in [5.41, 5.74) is 0.973. The van der Waals surface area contributed by atoms with Gasteiger partial charge in [-0.1, -0.05) is 65.2 Å². The molecule has 0 radical (unpaired) electrons. The summed E-state index contributed by atoms with van der Waals surface area (Å²) >= 11 is 0. The van der Waals surface area contributed by atoms with E-state index >= 15 is 0 Å². The molecule has 0 saturated heterocycles. The fraction of sp³-hybridized carbons (Fsp3) is 0.800. The van der Waals surface area contributed by atoms with E-state index in [4.69, 9.17) is 9.47 Å². The van der Waals surface area contributed by atoms with Crippen molar-refractivity contribution in [2.45, 2.75) is 142 Å². The number of rotatable bonds is 5. The second-order valence-corrected chi connectivity index (χ2v) is 12.8. The van der Waals surface area contributed by atoms with E-state index in [0.717, 1.165) is 44.1 Å². The van der Waals surface area contributed by atoms with Crippen molar-refractivity contribution in [3.05, 3.63) is 23.8 Å². The zero-order chi connectivity index (χ0) is 32.9. The number of hydrogen-bond acceptors (Lipinski definition) is 8. The lowest BCUT2D eigenvalue weighted by Gasteiger charge is -2.23. The van der Waals surface area contributed by atoms with Gasteiger partial charge < -0.3 is 30.1 Å². The van der Waals surface area contributed by atoms with Gasteiger partial charge in [-0.3, -0.25) is 14.4 Å². The molecule has 0 aromatic carbocycles. The Kier molecular flexibility index (Phi) is 21.2. The molecule has 0 fully saturated rings. The molecule has 0 aromatic heterocycles. The topological polar surface area (TPSA) is 142 Å². The summed E-state index contributed by atoms with van der Waals surface area (Å²) in [6.07, 6.45) is 10.9. The third-order valence-electron chi connectivity index (χ3n) is 8.49. The highest BCUT2D eigenvalue weighted by atomic mass is 16.5. The minimum atomic E-state index is -1.17. The molecule has 0 saturated carbocycles. The van der Waals surface area contributed by atoms with Gasteiger partial charge in [0, 0.05) is 32.9 Å². The summed E-state index contributed by atoms with van der Waals surface area (Å²) in [5.74, 6) is -0.318. The third kappa shape index (κ3) is 17.4. The number of cyclic esters (lactones) is 1. The van der Waals surface area contributed by atoms with Crippen LogP contribution < -0.4 is 5.32 Å². The van der Waals surface area contributed by atoms with Gasteiger partial charge in [0.05, 0.1) is 30.8 Å². The molecule has 0 spiro atoms. The highest BCUT2D eigenvalue weighted by Crippen LogP contribution is 2.22. The van der Waals surface area contributed by atoms with Crippen LogP contribution in [-0.2, 0) is 23.9 Å². The third-order valence-corrected chi connectivity index (χ3v) is 8.49. The maximum Gasteiger partial charge on any atom is 0.309 e. The number of hydrogen-bond donors (Lipinski definition) is 4. The van der Waals surface area contributed by atoms with Crippen LogP contribution in [0, 0.1) is 17.8 Å². The van der Waals surface area contributed by atoms with Crippen LogP contribution in [0.2, 0.25) is 0 Å². The van der Waals surface area contributed by atoms with Crippen LogP contribution in [0.15, 0.2) is 23.8 Å². The van der Waals surface area contributed by atoms with Crippen molar-refractivity contribution in [3.63, 3.8) is 0 Å². The molecule has 0 aromatic rings. The average molecular weight is 624 g/mol. The number of esters is 1. The fourth-order valence-corrected chi connectivity index (χ4v) is 5.63. The molecular formula is C35H61NO8. The van der Waals surface area contributed by atoms with Crippen molar-refractivity contribution in [3.8, 4) is 0 Å². The van der Waals surface area contributed by atoms with Crippen LogP contribution in [0.25, 0.3) is 0 Å². The molecule has 1 aliphatic rings. The highest BCUT2D eigenvalue weighted by molar-refractivity contribution is 5.84. The molecule has 254 valence electrons. The molecule has 1 heterocycles. The number of ether oxygens (including phenoxy) is 2. The first-order valence-corrected chi connectivity index (χ1v) is 16.9. The minimum absolute atomic E-state index is 0.113. The normalized spacial score (nSPS) is 32.8. The summed E-state index contributed by atoms with van der Waals surface area (Å²) in [5, 5.41) is 34.1. The molecule has 0 aliphatic carbocycles. The molecule has 1 rings (SSSR count). The number of Topliss-reactive ketones (excluding diaryl/α,β-unsaturated/α-hetero) is 1. The summed E-state index contributed by atoms with van der Waals surface area (Å²) in [7, 11) is 1.61.